The predicted molar refractivity (Wildman–Crippen MR) is 78.9 cm³/mol. The summed E-state index contributed by atoms with van der Waals surface area (Å²) in [4.78, 5) is 34.1. The summed E-state index contributed by atoms with van der Waals surface area (Å²) >= 11 is 0. The van der Waals surface area contributed by atoms with Crippen LogP contribution in [-0.4, -0.2) is 44.0 Å². The van der Waals surface area contributed by atoms with Gasteiger partial charge in [-0.05, 0) is 19.1 Å². The molecule has 114 valence electrons. The van der Waals surface area contributed by atoms with Gasteiger partial charge in [0.25, 0.3) is 5.91 Å². The molecule has 7 nitrogen and oxygen atoms in total. The Bertz CT molecular complexity index is 476. The first-order chi connectivity index (χ1) is 10.1. The summed E-state index contributed by atoms with van der Waals surface area (Å²) in [7, 11) is 0. The normalized spacial score (nSPS) is 9.57. The molecule has 0 spiro atoms. The standard InChI is InChI=1S/C14H20N4O3/c1-2-15-12(19)10-18-14(21)17-9-8-16-13(20)11-6-4-3-5-7-11/h3-7H,2,8-10H2,1H3,(H,15,19)(H,16,20)(H2,17,18,21). The molecule has 0 heterocycles. The van der Waals surface area contributed by atoms with Crippen molar-refractivity contribution < 1.29 is 14.4 Å². The van der Waals surface area contributed by atoms with Gasteiger partial charge in [0.15, 0.2) is 0 Å². The molecular formula is C14H20N4O3. The van der Waals surface area contributed by atoms with Crippen LogP contribution in [0, 0.1) is 0 Å². The largest absolute Gasteiger partial charge is 0.355 e. The number of rotatable bonds is 7. The summed E-state index contributed by atoms with van der Waals surface area (Å²) in [5, 5.41) is 10.2. The van der Waals surface area contributed by atoms with Crippen molar-refractivity contribution in [1.82, 2.24) is 21.3 Å². The molecule has 0 saturated heterocycles. The third-order valence-corrected chi connectivity index (χ3v) is 2.52. The molecule has 4 amide bonds. The van der Waals surface area contributed by atoms with Crippen molar-refractivity contribution in [1.29, 1.82) is 0 Å². The Kier molecular flexibility index (Phi) is 7.34. The molecule has 0 atom stereocenters. The third-order valence-electron chi connectivity index (χ3n) is 2.52. The highest BCUT2D eigenvalue weighted by Gasteiger charge is 2.05. The summed E-state index contributed by atoms with van der Waals surface area (Å²) in [6.45, 7) is 2.83. The van der Waals surface area contributed by atoms with Crippen LogP contribution in [0.4, 0.5) is 4.79 Å². The summed E-state index contributed by atoms with van der Waals surface area (Å²) in [5.74, 6) is -0.440. The number of nitrogens with one attached hydrogen (secondary N) is 4. The first kappa shape index (κ1) is 16.5. The lowest BCUT2D eigenvalue weighted by molar-refractivity contribution is -0.119. The Morgan fingerprint density at radius 2 is 1.57 bits per heavy atom. The zero-order valence-electron chi connectivity index (χ0n) is 11.9. The van der Waals surface area contributed by atoms with E-state index in [2.05, 4.69) is 21.3 Å². The third kappa shape index (κ3) is 6.95. The summed E-state index contributed by atoms with van der Waals surface area (Å²) in [6, 6.07) is 8.36. The molecule has 0 aliphatic carbocycles. The van der Waals surface area contributed by atoms with E-state index in [-0.39, 0.29) is 24.9 Å². The topological polar surface area (TPSA) is 99.3 Å². The molecule has 1 aromatic carbocycles. The second kappa shape index (κ2) is 9.35. The molecule has 0 unspecified atom stereocenters. The van der Waals surface area contributed by atoms with Gasteiger partial charge < -0.3 is 21.3 Å². The fourth-order valence-electron chi connectivity index (χ4n) is 1.53. The highest BCUT2D eigenvalue weighted by Crippen LogP contribution is 1.96. The van der Waals surface area contributed by atoms with Gasteiger partial charge in [-0.1, -0.05) is 18.2 Å². The molecule has 21 heavy (non-hydrogen) atoms. The summed E-state index contributed by atoms with van der Waals surface area (Å²) in [5.41, 5.74) is 0.568. The van der Waals surface area contributed by atoms with Crippen LogP contribution in [-0.2, 0) is 4.79 Å². The number of likely N-dealkylation sites (N-methyl/N-ethyl adjacent to an activating group) is 1. The lowest BCUT2D eigenvalue weighted by atomic mass is 10.2. The SMILES string of the molecule is CCNC(=O)CNC(=O)NCCNC(=O)c1ccccc1. The van der Waals surface area contributed by atoms with Crippen LogP contribution >= 0.6 is 0 Å². The van der Waals surface area contributed by atoms with E-state index >= 15 is 0 Å². The number of hydrogen-bond donors (Lipinski definition) is 4. The number of hydrogen-bond acceptors (Lipinski definition) is 3. The van der Waals surface area contributed by atoms with Crippen molar-refractivity contribution in [3.8, 4) is 0 Å². The van der Waals surface area contributed by atoms with E-state index in [0.29, 0.717) is 18.7 Å². The molecule has 0 bridgehead atoms. The smallest absolute Gasteiger partial charge is 0.315 e. The minimum Gasteiger partial charge on any atom is -0.355 e. The van der Waals surface area contributed by atoms with Crippen LogP contribution in [0.15, 0.2) is 30.3 Å². The van der Waals surface area contributed by atoms with Gasteiger partial charge in [-0.15, -0.1) is 0 Å². The second-order valence-corrected chi connectivity index (χ2v) is 4.18. The van der Waals surface area contributed by atoms with E-state index in [1.807, 2.05) is 6.07 Å². The van der Waals surface area contributed by atoms with Crippen molar-refractivity contribution in [3.63, 3.8) is 0 Å². The van der Waals surface area contributed by atoms with Crippen LogP contribution < -0.4 is 21.3 Å². The fraction of sp³-hybridized carbons (Fsp3) is 0.357. The zero-order chi connectivity index (χ0) is 15.5. The number of benzene rings is 1. The van der Waals surface area contributed by atoms with Gasteiger partial charge in [-0.25, -0.2) is 4.79 Å². The zero-order valence-corrected chi connectivity index (χ0v) is 11.9. The average molecular weight is 292 g/mol. The average Bonchev–Trinajstić information content (AvgIpc) is 2.50. The van der Waals surface area contributed by atoms with E-state index in [1.54, 1.807) is 31.2 Å². The molecule has 7 heteroatoms. The predicted octanol–water partition coefficient (Wildman–Crippen LogP) is -0.148. The Hall–Kier alpha value is -2.57. The van der Waals surface area contributed by atoms with Gasteiger partial charge in [-0.2, -0.15) is 0 Å². The fourth-order valence-corrected chi connectivity index (χ4v) is 1.53. The van der Waals surface area contributed by atoms with Gasteiger partial charge in [0.1, 0.15) is 0 Å². The van der Waals surface area contributed by atoms with Gasteiger partial charge in [0.05, 0.1) is 6.54 Å². The monoisotopic (exact) mass is 292 g/mol. The lowest BCUT2D eigenvalue weighted by Gasteiger charge is -2.08. The van der Waals surface area contributed by atoms with E-state index < -0.39 is 6.03 Å². The van der Waals surface area contributed by atoms with Crippen molar-refractivity contribution in [3.05, 3.63) is 35.9 Å². The number of urea groups is 1. The highest BCUT2D eigenvalue weighted by atomic mass is 16.2. The first-order valence-corrected chi connectivity index (χ1v) is 6.75. The Balaban J connectivity index is 2.12. The van der Waals surface area contributed by atoms with Crippen LogP contribution in [0.3, 0.4) is 0 Å². The van der Waals surface area contributed by atoms with E-state index in [9.17, 15) is 14.4 Å². The summed E-state index contributed by atoms with van der Waals surface area (Å²) < 4.78 is 0. The molecule has 0 aromatic heterocycles. The number of carbonyl (C=O) groups excluding carboxylic acids is 3. The van der Waals surface area contributed by atoms with Crippen molar-refractivity contribution in [2.24, 2.45) is 0 Å². The second-order valence-electron chi connectivity index (χ2n) is 4.18. The van der Waals surface area contributed by atoms with E-state index in [4.69, 9.17) is 0 Å². The minimum atomic E-state index is -0.449. The van der Waals surface area contributed by atoms with Gasteiger partial charge in [0, 0.05) is 25.2 Å². The van der Waals surface area contributed by atoms with Crippen LogP contribution in [0.2, 0.25) is 0 Å². The van der Waals surface area contributed by atoms with E-state index in [1.165, 1.54) is 0 Å². The molecule has 0 aliphatic heterocycles. The lowest BCUT2D eigenvalue weighted by Crippen LogP contribution is -2.44. The molecule has 0 saturated carbocycles. The number of amides is 4. The molecule has 1 rings (SSSR count). The minimum absolute atomic E-state index is 0.0734. The molecule has 1 aromatic rings. The van der Waals surface area contributed by atoms with Crippen molar-refractivity contribution >= 4 is 17.8 Å². The maximum Gasteiger partial charge on any atom is 0.315 e. The Labute approximate surface area is 123 Å². The summed E-state index contributed by atoms with van der Waals surface area (Å²) in [6.07, 6.45) is 0. The van der Waals surface area contributed by atoms with Crippen LogP contribution in [0.1, 0.15) is 17.3 Å². The van der Waals surface area contributed by atoms with Crippen molar-refractivity contribution in [2.75, 3.05) is 26.2 Å². The molecular weight excluding hydrogens is 272 g/mol. The van der Waals surface area contributed by atoms with Crippen LogP contribution in [0.25, 0.3) is 0 Å². The van der Waals surface area contributed by atoms with E-state index in [0.717, 1.165) is 0 Å². The quantitative estimate of drug-likeness (QED) is 0.526. The molecule has 4 N–H and O–H groups in total. The van der Waals surface area contributed by atoms with Gasteiger partial charge in [-0.3, -0.25) is 9.59 Å². The Morgan fingerprint density at radius 3 is 2.24 bits per heavy atom. The Morgan fingerprint density at radius 1 is 0.905 bits per heavy atom. The molecule has 0 fully saturated rings. The maximum absolute atomic E-state index is 11.7. The van der Waals surface area contributed by atoms with Crippen LogP contribution in [0.5, 0.6) is 0 Å². The van der Waals surface area contributed by atoms with Gasteiger partial charge in [0.2, 0.25) is 5.91 Å². The van der Waals surface area contributed by atoms with Crippen molar-refractivity contribution in [2.45, 2.75) is 6.92 Å². The molecule has 0 aliphatic rings. The maximum atomic E-state index is 11.7. The highest BCUT2D eigenvalue weighted by molar-refractivity contribution is 5.94. The first-order valence-electron chi connectivity index (χ1n) is 6.75. The van der Waals surface area contributed by atoms with Gasteiger partial charge >= 0.3 is 6.03 Å². The number of carbonyl (C=O) groups is 3. The molecule has 0 radical (unpaired) electrons.